The SMILES string of the molecule is NC(=O)c1ccc(S(=O)(=O)Nc2cccc(C(C3CC3)C3C(=O)OC4=CC=CCCCC4C3O)c2)cc1. The Bertz CT molecular complexity index is 1360. The number of aliphatic hydroxyl groups excluding tert-OH is 1. The minimum absolute atomic E-state index is 0.00873. The molecule has 194 valence electrons. The molecule has 4 atom stereocenters. The van der Waals surface area contributed by atoms with Crippen LogP contribution in [0.4, 0.5) is 5.69 Å². The molecule has 0 spiro atoms. The molecule has 1 saturated heterocycles. The fraction of sp³-hybridized carbons (Fsp3) is 0.357. The fourth-order valence-corrected chi connectivity index (χ4v) is 6.46. The molecule has 1 heterocycles. The summed E-state index contributed by atoms with van der Waals surface area (Å²) in [5.41, 5.74) is 6.58. The van der Waals surface area contributed by atoms with E-state index in [0.29, 0.717) is 11.4 Å². The van der Waals surface area contributed by atoms with Crippen LogP contribution in [0, 0.1) is 17.8 Å². The summed E-state index contributed by atoms with van der Waals surface area (Å²) in [5, 5.41) is 11.4. The van der Waals surface area contributed by atoms with Crippen molar-refractivity contribution in [2.24, 2.45) is 23.5 Å². The van der Waals surface area contributed by atoms with Gasteiger partial charge in [-0.1, -0.05) is 24.3 Å². The number of anilines is 1. The molecule has 2 aromatic rings. The monoisotopic (exact) mass is 522 g/mol. The van der Waals surface area contributed by atoms with Crippen LogP contribution in [-0.4, -0.2) is 31.5 Å². The van der Waals surface area contributed by atoms with Gasteiger partial charge in [0.15, 0.2) is 0 Å². The number of esters is 1. The Kier molecular flexibility index (Phi) is 6.92. The number of hydrogen-bond donors (Lipinski definition) is 3. The van der Waals surface area contributed by atoms with Crippen molar-refractivity contribution in [1.29, 1.82) is 0 Å². The summed E-state index contributed by atoms with van der Waals surface area (Å²) in [4.78, 5) is 24.5. The summed E-state index contributed by atoms with van der Waals surface area (Å²) < 4.78 is 34.3. The maximum absolute atomic E-state index is 13.2. The van der Waals surface area contributed by atoms with Crippen molar-refractivity contribution in [2.75, 3.05) is 4.72 Å². The van der Waals surface area contributed by atoms with E-state index in [1.807, 2.05) is 18.2 Å². The van der Waals surface area contributed by atoms with Crippen molar-refractivity contribution in [3.63, 3.8) is 0 Å². The van der Waals surface area contributed by atoms with Gasteiger partial charge in [-0.3, -0.25) is 14.3 Å². The Labute approximate surface area is 216 Å². The standard InChI is InChI=1S/C28H30N2O6S/c29-27(32)18-12-14-21(15-13-18)37(34,35)30-20-7-5-6-19(16-20)24(17-10-11-17)25-26(31)22-8-3-1-2-4-9-23(22)36-28(25)33/h2,4-7,9,12-17,22,24-26,30-31H,1,3,8,10-11H2,(H2,29,32). The smallest absolute Gasteiger partial charge is 0.317 e. The number of carbonyl (C=O) groups is 2. The second kappa shape index (κ2) is 10.1. The van der Waals surface area contributed by atoms with Crippen molar-refractivity contribution in [1.82, 2.24) is 0 Å². The minimum Gasteiger partial charge on any atom is -0.430 e. The molecule has 8 nitrogen and oxygen atoms in total. The number of benzene rings is 2. The second-order valence-electron chi connectivity index (χ2n) is 9.95. The molecule has 0 bridgehead atoms. The molecule has 1 aliphatic heterocycles. The number of carbonyl (C=O) groups excluding carboxylic acids is 2. The molecule has 2 fully saturated rings. The zero-order valence-corrected chi connectivity index (χ0v) is 21.1. The molecule has 5 rings (SSSR count). The number of primary amides is 1. The molecule has 1 amide bonds. The molecule has 2 aromatic carbocycles. The van der Waals surface area contributed by atoms with Crippen molar-refractivity contribution in [2.45, 2.75) is 49.0 Å². The lowest BCUT2D eigenvalue weighted by Crippen LogP contribution is -2.45. The van der Waals surface area contributed by atoms with Crippen LogP contribution in [-0.2, 0) is 19.6 Å². The van der Waals surface area contributed by atoms with E-state index in [1.54, 1.807) is 24.3 Å². The third-order valence-corrected chi connectivity index (χ3v) is 8.81. The van der Waals surface area contributed by atoms with Gasteiger partial charge in [0, 0.05) is 23.1 Å². The van der Waals surface area contributed by atoms with Crippen LogP contribution in [0.25, 0.3) is 0 Å². The summed E-state index contributed by atoms with van der Waals surface area (Å²) in [6.45, 7) is 0. The second-order valence-corrected chi connectivity index (χ2v) is 11.6. The van der Waals surface area contributed by atoms with Gasteiger partial charge in [0.2, 0.25) is 5.91 Å². The summed E-state index contributed by atoms with van der Waals surface area (Å²) >= 11 is 0. The number of nitrogens with two attached hydrogens (primary N) is 1. The van der Waals surface area contributed by atoms with Gasteiger partial charge in [0.25, 0.3) is 10.0 Å². The highest BCUT2D eigenvalue weighted by molar-refractivity contribution is 7.92. The lowest BCUT2D eigenvalue weighted by molar-refractivity contribution is -0.160. The molecular weight excluding hydrogens is 492 g/mol. The van der Waals surface area contributed by atoms with E-state index in [-0.39, 0.29) is 28.2 Å². The Morgan fingerprint density at radius 2 is 1.86 bits per heavy atom. The molecular formula is C28H30N2O6S. The topological polar surface area (TPSA) is 136 Å². The highest BCUT2D eigenvalue weighted by atomic mass is 32.2. The largest absolute Gasteiger partial charge is 0.430 e. The first-order chi connectivity index (χ1) is 17.7. The van der Waals surface area contributed by atoms with Gasteiger partial charge in [-0.25, -0.2) is 8.42 Å². The van der Waals surface area contributed by atoms with Crippen LogP contribution < -0.4 is 10.5 Å². The lowest BCUT2D eigenvalue weighted by atomic mass is 9.72. The van der Waals surface area contributed by atoms with Crippen LogP contribution >= 0.6 is 0 Å². The zero-order valence-electron chi connectivity index (χ0n) is 20.2. The average molecular weight is 523 g/mol. The molecule has 9 heteroatoms. The molecule has 2 aliphatic carbocycles. The Morgan fingerprint density at radius 3 is 2.57 bits per heavy atom. The van der Waals surface area contributed by atoms with Crippen molar-refractivity contribution < 1.29 is 27.9 Å². The number of nitrogens with one attached hydrogen (secondary N) is 1. The first kappa shape index (κ1) is 25.2. The maximum Gasteiger partial charge on any atom is 0.317 e. The van der Waals surface area contributed by atoms with Gasteiger partial charge in [-0.05, 0) is 86.1 Å². The third-order valence-electron chi connectivity index (χ3n) is 7.41. The van der Waals surface area contributed by atoms with E-state index in [1.165, 1.54) is 24.3 Å². The van der Waals surface area contributed by atoms with E-state index < -0.39 is 33.9 Å². The predicted octanol–water partition coefficient (Wildman–Crippen LogP) is 3.85. The molecule has 0 radical (unpaired) electrons. The molecule has 4 unspecified atom stereocenters. The number of ether oxygens (including phenoxy) is 1. The van der Waals surface area contributed by atoms with Crippen LogP contribution in [0.15, 0.2) is 77.4 Å². The Hall–Kier alpha value is -3.43. The number of allylic oxidation sites excluding steroid dienone is 3. The van der Waals surface area contributed by atoms with E-state index in [9.17, 15) is 23.1 Å². The number of aliphatic hydroxyl groups is 1. The van der Waals surface area contributed by atoms with Crippen molar-refractivity contribution in [3.8, 4) is 0 Å². The lowest BCUT2D eigenvalue weighted by Gasteiger charge is -2.39. The maximum atomic E-state index is 13.2. The highest BCUT2D eigenvalue weighted by Gasteiger charge is 2.50. The highest BCUT2D eigenvalue weighted by Crippen LogP contribution is 2.51. The van der Waals surface area contributed by atoms with E-state index in [2.05, 4.69) is 4.72 Å². The molecule has 0 aromatic heterocycles. The van der Waals surface area contributed by atoms with Crippen molar-refractivity contribution in [3.05, 3.63) is 83.6 Å². The van der Waals surface area contributed by atoms with Crippen molar-refractivity contribution >= 4 is 27.6 Å². The number of fused-ring (bicyclic) bond motifs is 1. The Morgan fingerprint density at radius 1 is 1.11 bits per heavy atom. The molecule has 3 aliphatic rings. The third kappa shape index (κ3) is 5.33. The van der Waals surface area contributed by atoms with Gasteiger partial charge < -0.3 is 15.6 Å². The first-order valence-electron chi connectivity index (χ1n) is 12.5. The van der Waals surface area contributed by atoms with E-state index >= 15 is 0 Å². The van der Waals surface area contributed by atoms with Crippen LogP contribution in [0.5, 0.6) is 0 Å². The fourth-order valence-electron chi connectivity index (χ4n) is 5.41. The number of hydrogen-bond acceptors (Lipinski definition) is 6. The summed E-state index contributed by atoms with van der Waals surface area (Å²) in [6, 6.07) is 12.3. The van der Waals surface area contributed by atoms with Gasteiger partial charge in [0.05, 0.1) is 16.9 Å². The summed E-state index contributed by atoms with van der Waals surface area (Å²) in [7, 11) is -3.93. The van der Waals surface area contributed by atoms with Gasteiger partial charge in [0.1, 0.15) is 5.76 Å². The number of rotatable bonds is 7. The van der Waals surface area contributed by atoms with E-state index in [4.69, 9.17) is 10.5 Å². The zero-order chi connectivity index (χ0) is 26.2. The molecule has 37 heavy (non-hydrogen) atoms. The van der Waals surface area contributed by atoms with E-state index in [0.717, 1.165) is 37.7 Å². The summed E-state index contributed by atoms with van der Waals surface area (Å²) in [6.07, 6.45) is 9.19. The number of sulfonamides is 1. The summed E-state index contributed by atoms with van der Waals surface area (Å²) in [5.74, 6) is -1.63. The normalized spacial score (nSPS) is 24.6. The van der Waals surface area contributed by atoms with Gasteiger partial charge in [-0.15, -0.1) is 0 Å². The quantitative estimate of drug-likeness (QED) is 0.473. The first-order valence-corrected chi connectivity index (χ1v) is 14.0. The minimum atomic E-state index is -3.93. The Balaban J connectivity index is 1.42. The van der Waals surface area contributed by atoms with Gasteiger partial charge >= 0.3 is 5.97 Å². The average Bonchev–Trinajstić information content (AvgIpc) is 3.68. The van der Waals surface area contributed by atoms with Gasteiger partial charge in [-0.2, -0.15) is 0 Å². The van der Waals surface area contributed by atoms with Crippen LogP contribution in [0.1, 0.15) is 53.9 Å². The predicted molar refractivity (Wildman–Crippen MR) is 138 cm³/mol. The van der Waals surface area contributed by atoms with Crippen LogP contribution in [0.2, 0.25) is 0 Å². The molecule has 4 N–H and O–H groups in total. The number of amides is 1. The molecule has 1 saturated carbocycles. The van der Waals surface area contributed by atoms with Crippen LogP contribution in [0.3, 0.4) is 0 Å².